The van der Waals surface area contributed by atoms with E-state index in [2.05, 4.69) is 22.4 Å². The van der Waals surface area contributed by atoms with Gasteiger partial charge in [0.25, 0.3) is 15.9 Å². The third-order valence-electron chi connectivity index (χ3n) is 4.86. The normalized spacial score (nSPS) is 12.1. The minimum atomic E-state index is -3.77. The number of nitrogens with zero attached hydrogens (tertiary/aromatic N) is 2. The quantitative estimate of drug-likeness (QED) is 0.362. The largest absolute Gasteiger partial charge is 0.312 e. The number of halogens is 1. The Morgan fingerprint density at radius 1 is 1.12 bits per heavy atom. The minimum absolute atomic E-state index is 0.0915. The van der Waals surface area contributed by atoms with Gasteiger partial charge in [-0.25, -0.2) is 8.42 Å². The lowest BCUT2D eigenvalue weighted by Crippen LogP contribution is -2.16. The maximum absolute atomic E-state index is 12.8. The number of rotatable bonds is 6. The van der Waals surface area contributed by atoms with Crippen molar-refractivity contribution in [2.75, 3.05) is 4.72 Å². The van der Waals surface area contributed by atoms with Crippen molar-refractivity contribution in [3.05, 3.63) is 100 Å². The number of anilines is 1. The molecule has 0 fully saturated rings. The molecule has 3 aromatic carbocycles. The van der Waals surface area contributed by atoms with Crippen LogP contribution in [0.15, 0.2) is 89.3 Å². The highest BCUT2D eigenvalue weighted by molar-refractivity contribution is 7.92. The predicted octanol–water partition coefficient (Wildman–Crippen LogP) is 5.39. The van der Waals surface area contributed by atoms with Crippen molar-refractivity contribution in [2.45, 2.75) is 18.4 Å². The Labute approximate surface area is 200 Å². The van der Waals surface area contributed by atoms with Gasteiger partial charge >= 0.3 is 0 Å². The summed E-state index contributed by atoms with van der Waals surface area (Å²) in [5, 5.41) is 0.448. The van der Waals surface area contributed by atoms with Crippen molar-refractivity contribution >= 4 is 54.8 Å². The standard InChI is InChI=1S/C24H20ClN3O3S2/c1-3-14-28-21-13-4-16(2)15-22(21)32-24(28)26-23(29)17-5-9-19(10-6-17)27-33(30,31)20-11-7-18(25)8-12-20/h3-13,15,27H,1,14H2,2H3. The van der Waals surface area contributed by atoms with Gasteiger partial charge in [0.1, 0.15) is 0 Å². The Balaban J connectivity index is 1.60. The van der Waals surface area contributed by atoms with Gasteiger partial charge in [-0.05, 0) is 73.2 Å². The van der Waals surface area contributed by atoms with Gasteiger partial charge < -0.3 is 4.57 Å². The number of nitrogens with one attached hydrogen (secondary N) is 1. The number of hydrogen-bond acceptors (Lipinski definition) is 4. The first kappa shape index (κ1) is 23.0. The van der Waals surface area contributed by atoms with Crippen molar-refractivity contribution < 1.29 is 13.2 Å². The maximum Gasteiger partial charge on any atom is 0.279 e. The number of carbonyl (C=O) groups excluding carboxylic acids is 1. The van der Waals surface area contributed by atoms with E-state index >= 15 is 0 Å². The van der Waals surface area contributed by atoms with Crippen molar-refractivity contribution in [3.8, 4) is 0 Å². The topological polar surface area (TPSA) is 80.5 Å². The van der Waals surface area contributed by atoms with Crippen LogP contribution in [0.4, 0.5) is 5.69 Å². The number of allylic oxidation sites excluding steroid dienone is 1. The molecule has 0 spiro atoms. The van der Waals surface area contributed by atoms with Gasteiger partial charge in [0, 0.05) is 22.8 Å². The van der Waals surface area contributed by atoms with E-state index in [4.69, 9.17) is 11.6 Å². The molecule has 0 unspecified atom stereocenters. The second-order valence-corrected chi connectivity index (χ2v) is 10.4. The summed E-state index contributed by atoms with van der Waals surface area (Å²) in [6, 6.07) is 18.1. The summed E-state index contributed by atoms with van der Waals surface area (Å²) < 4.78 is 30.5. The molecule has 0 aliphatic heterocycles. The van der Waals surface area contributed by atoms with Crippen LogP contribution >= 0.6 is 22.9 Å². The molecule has 0 aliphatic rings. The summed E-state index contributed by atoms with van der Waals surface area (Å²) >= 11 is 7.26. The lowest BCUT2D eigenvalue weighted by molar-refractivity contribution is 0.0998. The predicted molar refractivity (Wildman–Crippen MR) is 133 cm³/mol. The van der Waals surface area contributed by atoms with Gasteiger partial charge in [0.2, 0.25) is 0 Å². The highest BCUT2D eigenvalue weighted by Gasteiger charge is 2.15. The van der Waals surface area contributed by atoms with Crippen molar-refractivity contribution in [3.63, 3.8) is 0 Å². The first-order chi connectivity index (χ1) is 15.8. The number of sulfonamides is 1. The number of benzene rings is 3. The molecule has 0 aliphatic carbocycles. The first-order valence-electron chi connectivity index (χ1n) is 9.95. The van der Waals surface area contributed by atoms with Crippen LogP contribution < -0.4 is 9.52 Å². The summed E-state index contributed by atoms with van der Waals surface area (Å²) in [6.07, 6.45) is 1.76. The van der Waals surface area contributed by atoms with E-state index in [1.807, 2.05) is 23.6 Å². The Morgan fingerprint density at radius 2 is 1.82 bits per heavy atom. The lowest BCUT2D eigenvalue weighted by Gasteiger charge is -2.08. The third-order valence-corrected chi connectivity index (χ3v) is 7.55. The fourth-order valence-electron chi connectivity index (χ4n) is 3.23. The number of thiazole rings is 1. The van der Waals surface area contributed by atoms with E-state index in [0.29, 0.717) is 27.6 Å². The van der Waals surface area contributed by atoms with Gasteiger partial charge in [-0.1, -0.05) is 35.1 Å². The number of carbonyl (C=O) groups is 1. The zero-order valence-electron chi connectivity index (χ0n) is 17.7. The van der Waals surface area contributed by atoms with Crippen molar-refractivity contribution in [1.82, 2.24) is 4.57 Å². The molecule has 6 nitrogen and oxygen atoms in total. The molecule has 1 amide bonds. The smallest absolute Gasteiger partial charge is 0.279 e. The number of aromatic nitrogens is 1. The number of hydrogen-bond donors (Lipinski definition) is 1. The van der Waals surface area contributed by atoms with E-state index in [1.54, 1.807) is 18.2 Å². The van der Waals surface area contributed by atoms with Crippen molar-refractivity contribution in [2.24, 2.45) is 4.99 Å². The van der Waals surface area contributed by atoms with Crippen LogP contribution in [0.1, 0.15) is 15.9 Å². The second kappa shape index (κ2) is 9.35. The first-order valence-corrected chi connectivity index (χ1v) is 12.6. The molecule has 4 rings (SSSR count). The van der Waals surface area contributed by atoms with E-state index in [1.165, 1.54) is 47.7 Å². The molecule has 1 N–H and O–H groups in total. The summed E-state index contributed by atoms with van der Waals surface area (Å²) in [5.74, 6) is -0.414. The fraction of sp³-hybridized carbons (Fsp3) is 0.0833. The maximum atomic E-state index is 12.8. The van der Waals surface area contributed by atoms with Crippen LogP contribution in [0.5, 0.6) is 0 Å². The van der Waals surface area contributed by atoms with Gasteiger partial charge in [-0.3, -0.25) is 9.52 Å². The van der Waals surface area contributed by atoms with Crippen LogP contribution in [-0.2, 0) is 16.6 Å². The third kappa shape index (κ3) is 5.08. The summed E-state index contributed by atoms with van der Waals surface area (Å²) in [7, 11) is -3.77. The monoisotopic (exact) mass is 497 g/mol. The number of amides is 1. The number of fused-ring (bicyclic) bond motifs is 1. The van der Waals surface area contributed by atoms with Crippen LogP contribution in [0.3, 0.4) is 0 Å². The van der Waals surface area contributed by atoms with E-state index in [0.717, 1.165) is 15.8 Å². The summed E-state index contributed by atoms with van der Waals surface area (Å²) in [5.41, 5.74) is 2.80. The Hall–Kier alpha value is -3.20. The summed E-state index contributed by atoms with van der Waals surface area (Å²) in [6.45, 7) is 6.34. The lowest BCUT2D eigenvalue weighted by atomic mass is 10.2. The zero-order chi connectivity index (χ0) is 23.6. The van der Waals surface area contributed by atoms with Gasteiger partial charge in [-0.2, -0.15) is 4.99 Å². The molecule has 168 valence electrons. The Bertz CT molecular complexity index is 1520. The fourth-order valence-corrected chi connectivity index (χ4v) is 5.55. The van der Waals surface area contributed by atoms with Crippen LogP contribution in [-0.4, -0.2) is 18.9 Å². The zero-order valence-corrected chi connectivity index (χ0v) is 20.0. The van der Waals surface area contributed by atoms with Crippen molar-refractivity contribution in [1.29, 1.82) is 0 Å². The van der Waals surface area contributed by atoms with E-state index in [-0.39, 0.29) is 4.90 Å². The van der Waals surface area contributed by atoms with E-state index < -0.39 is 15.9 Å². The summed E-state index contributed by atoms with van der Waals surface area (Å²) in [4.78, 5) is 17.8. The molecule has 1 aromatic heterocycles. The molecule has 9 heteroatoms. The molecule has 0 saturated heterocycles. The molecule has 1 heterocycles. The molecule has 0 radical (unpaired) electrons. The molecular weight excluding hydrogens is 478 g/mol. The molecule has 0 saturated carbocycles. The van der Waals surface area contributed by atoms with Crippen LogP contribution in [0.2, 0.25) is 5.02 Å². The molecule has 0 atom stereocenters. The molecule has 33 heavy (non-hydrogen) atoms. The highest BCUT2D eigenvalue weighted by Crippen LogP contribution is 2.21. The second-order valence-electron chi connectivity index (χ2n) is 7.31. The molecular formula is C24H20ClN3O3S2. The average molecular weight is 498 g/mol. The molecule has 4 aromatic rings. The highest BCUT2D eigenvalue weighted by atomic mass is 35.5. The van der Waals surface area contributed by atoms with Gasteiger partial charge in [0.05, 0.1) is 15.1 Å². The number of aryl methyl sites for hydroxylation is 1. The van der Waals surface area contributed by atoms with Gasteiger partial charge in [-0.15, -0.1) is 6.58 Å². The SMILES string of the molecule is C=CCn1c(=NC(=O)c2ccc(NS(=O)(=O)c3ccc(Cl)cc3)cc2)sc2cc(C)ccc21. The van der Waals surface area contributed by atoms with E-state index in [9.17, 15) is 13.2 Å². The molecule has 0 bridgehead atoms. The van der Waals surface area contributed by atoms with Gasteiger partial charge in [0.15, 0.2) is 4.80 Å². The Morgan fingerprint density at radius 3 is 2.48 bits per heavy atom. The van der Waals surface area contributed by atoms with Crippen LogP contribution in [0, 0.1) is 6.92 Å². The Kier molecular flexibility index (Phi) is 6.51. The average Bonchev–Trinajstić information content (AvgIpc) is 3.10. The minimum Gasteiger partial charge on any atom is -0.312 e. The van der Waals surface area contributed by atoms with Crippen LogP contribution in [0.25, 0.3) is 10.2 Å².